The molecule has 0 radical (unpaired) electrons. The SMILES string of the molecule is COC[n+]1ccccc1N.[OH-]. The highest BCUT2D eigenvalue weighted by Crippen LogP contribution is 1.89. The molecule has 1 heterocycles. The highest BCUT2D eigenvalue weighted by atomic mass is 16.5. The van der Waals surface area contributed by atoms with E-state index in [0.29, 0.717) is 12.5 Å². The minimum Gasteiger partial charge on any atom is -0.870 e. The number of hydrogen-bond acceptors (Lipinski definition) is 3. The van der Waals surface area contributed by atoms with Crippen LogP contribution in [-0.4, -0.2) is 12.6 Å². The Morgan fingerprint density at radius 3 is 2.82 bits per heavy atom. The van der Waals surface area contributed by atoms with E-state index in [1.54, 1.807) is 7.11 Å². The van der Waals surface area contributed by atoms with Gasteiger partial charge < -0.3 is 10.2 Å². The molecule has 4 heteroatoms. The minimum absolute atomic E-state index is 0. The molecule has 0 fully saturated rings. The number of nitrogens with zero attached hydrogens (tertiary/aromatic N) is 1. The third kappa shape index (κ3) is 2.53. The van der Waals surface area contributed by atoms with E-state index in [0.717, 1.165) is 0 Å². The fourth-order valence-electron chi connectivity index (χ4n) is 0.746. The molecule has 1 aromatic heterocycles. The van der Waals surface area contributed by atoms with Gasteiger partial charge in [0, 0.05) is 13.2 Å². The smallest absolute Gasteiger partial charge is 0.274 e. The Hall–Kier alpha value is -1.13. The first-order valence-corrected chi connectivity index (χ1v) is 3.07. The summed E-state index contributed by atoms with van der Waals surface area (Å²) in [7, 11) is 1.64. The maximum Gasteiger partial charge on any atom is 0.274 e. The van der Waals surface area contributed by atoms with E-state index in [9.17, 15) is 0 Å². The van der Waals surface area contributed by atoms with Crippen molar-refractivity contribution in [3.63, 3.8) is 0 Å². The fraction of sp³-hybridized carbons (Fsp3) is 0.286. The van der Waals surface area contributed by atoms with Crippen LogP contribution in [0.3, 0.4) is 0 Å². The van der Waals surface area contributed by atoms with Gasteiger partial charge in [0.2, 0.25) is 0 Å². The Labute approximate surface area is 65.5 Å². The average Bonchev–Trinajstić information content (AvgIpc) is 1.94. The Morgan fingerprint density at radius 1 is 1.55 bits per heavy atom. The normalized spacial score (nSPS) is 8.82. The Balaban J connectivity index is 0.000001000. The van der Waals surface area contributed by atoms with Crippen LogP contribution in [0.1, 0.15) is 0 Å². The first kappa shape index (κ1) is 9.87. The Morgan fingerprint density at radius 2 is 2.27 bits per heavy atom. The van der Waals surface area contributed by atoms with E-state index < -0.39 is 0 Å². The average molecular weight is 156 g/mol. The molecule has 3 N–H and O–H groups in total. The van der Waals surface area contributed by atoms with Crippen LogP contribution in [0.4, 0.5) is 5.82 Å². The van der Waals surface area contributed by atoms with Gasteiger partial charge in [-0.15, -0.1) is 0 Å². The molecule has 0 saturated carbocycles. The van der Waals surface area contributed by atoms with Crippen molar-refractivity contribution in [3.8, 4) is 0 Å². The number of rotatable bonds is 2. The molecule has 0 bridgehead atoms. The van der Waals surface area contributed by atoms with Gasteiger partial charge in [0.15, 0.2) is 6.73 Å². The second-order valence-electron chi connectivity index (χ2n) is 2.01. The van der Waals surface area contributed by atoms with Gasteiger partial charge >= 0.3 is 0 Å². The molecule has 1 aromatic rings. The van der Waals surface area contributed by atoms with E-state index in [1.807, 2.05) is 29.0 Å². The summed E-state index contributed by atoms with van der Waals surface area (Å²) in [4.78, 5) is 0. The van der Waals surface area contributed by atoms with Gasteiger partial charge in [-0.3, -0.25) is 5.73 Å². The molecule has 0 aromatic carbocycles. The van der Waals surface area contributed by atoms with Crippen LogP contribution in [0, 0.1) is 0 Å². The van der Waals surface area contributed by atoms with Gasteiger partial charge in [-0.1, -0.05) is 6.07 Å². The summed E-state index contributed by atoms with van der Waals surface area (Å²) in [5.41, 5.74) is 5.59. The third-order valence-electron chi connectivity index (χ3n) is 1.24. The summed E-state index contributed by atoms with van der Waals surface area (Å²) in [6, 6.07) is 5.63. The number of nitrogens with two attached hydrogens (primary N) is 1. The molecular formula is C7H12N2O2. The van der Waals surface area contributed by atoms with Crippen LogP contribution < -0.4 is 10.3 Å². The maximum atomic E-state index is 5.59. The Kier molecular flexibility index (Phi) is 4.17. The van der Waals surface area contributed by atoms with Gasteiger partial charge in [0.05, 0.1) is 6.20 Å². The van der Waals surface area contributed by atoms with Crippen LogP contribution in [-0.2, 0) is 11.5 Å². The molecule has 0 aliphatic heterocycles. The van der Waals surface area contributed by atoms with E-state index >= 15 is 0 Å². The number of aromatic nitrogens is 1. The summed E-state index contributed by atoms with van der Waals surface area (Å²) in [6.45, 7) is 0.507. The lowest BCUT2D eigenvalue weighted by Gasteiger charge is -1.98. The number of hydrogen-bond donors (Lipinski definition) is 1. The quantitative estimate of drug-likeness (QED) is 0.612. The number of ether oxygens (including phenoxy) is 1. The van der Waals surface area contributed by atoms with Crippen molar-refractivity contribution >= 4 is 5.82 Å². The van der Waals surface area contributed by atoms with E-state index in [1.165, 1.54) is 0 Å². The minimum atomic E-state index is 0. The van der Waals surface area contributed by atoms with Crippen LogP contribution in [0.15, 0.2) is 24.4 Å². The summed E-state index contributed by atoms with van der Waals surface area (Å²) in [5.74, 6) is 0.712. The van der Waals surface area contributed by atoms with Gasteiger partial charge in [-0.2, -0.15) is 0 Å². The van der Waals surface area contributed by atoms with Crippen molar-refractivity contribution in [2.45, 2.75) is 6.73 Å². The molecule has 0 aliphatic carbocycles. The van der Waals surface area contributed by atoms with Crippen LogP contribution in [0.5, 0.6) is 0 Å². The summed E-state index contributed by atoms with van der Waals surface area (Å²) in [6.07, 6.45) is 1.87. The summed E-state index contributed by atoms with van der Waals surface area (Å²) in [5, 5.41) is 0. The van der Waals surface area contributed by atoms with E-state index in [2.05, 4.69) is 0 Å². The zero-order valence-corrected chi connectivity index (χ0v) is 6.40. The molecule has 0 amide bonds. The molecule has 62 valence electrons. The number of pyridine rings is 1. The van der Waals surface area contributed by atoms with Crippen molar-refractivity contribution < 1.29 is 14.8 Å². The standard InChI is InChI=1S/C7H10N2O.H2O/c1-10-6-9-5-3-2-4-7(9)8;/h2-5,8H,6H2,1H3;1H2. The first-order valence-electron chi connectivity index (χ1n) is 3.07. The lowest BCUT2D eigenvalue weighted by atomic mass is 10.4. The second-order valence-corrected chi connectivity index (χ2v) is 2.01. The predicted molar refractivity (Wildman–Crippen MR) is 40.0 cm³/mol. The molecule has 0 aliphatic rings. The zero-order valence-electron chi connectivity index (χ0n) is 6.40. The summed E-state index contributed by atoms with van der Waals surface area (Å²) < 4.78 is 6.71. The van der Waals surface area contributed by atoms with Crippen LogP contribution in [0.25, 0.3) is 0 Å². The van der Waals surface area contributed by atoms with Crippen molar-refractivity contribution in [2.24, 2.45) is 0 Å². The summed E-state index contributed by atoms with van der Waals surface area (Å²) >= 11 is 0. The predicted octanol–water partition coefficient (Wildman–Crippen LogP) is -0.0166. The number of methoxy groups -OCH3 is 1. The van der Waals surface area contributed by atoms with Gasteiger partial charge in [-0.25, -0.2) is 4.57 Å². The molecule has 0 spiro atoms. The van der Waals surface area contributed by atoms with Crippen molar-refractivity contribution in [3.05, 3.63) is 24.4 Å². The fourth-order valence-corrected chi connectivity index (χ4v) is 0.746. The second kappa shape index (κ2) is 4.65. The van der Waals surface area contributed by atoms with Gasteiger partial charge in [-0.05, 0) is 6.07 Å². The molecule has 0 saturated heterocycles. The largest absolute Gasteiger partial charge is 0.870 e. The monoisotopic (exact) mass is 156 g/mol. The molecule has 0 atom stereocenters. The van der Waals surface area contributed by atoms with Gasteiger partial charge in [0.1, 0.15) is 0 Å². The topological polar surface area (TPSA) is 69.1 Å². The van der Waals surface area contributed by atoms with E-state index in [4.69, 9.17) is 10.5 Å². The third-order valence-corrected chi connectivity index (χ3v) is 1.24. The van der Waals surface area contributed by atoms with Gasteiger partial charge in [0.25, 0.3) is 5.82 Å². The molecule has 0 unspecified atom stereocenters. The highest BCUT2D eigenvalue weighted by Gasteiger charge is 1.98. The molecule has 11 heavy (non-hydrogen) atoms. The van der Waals surface area contributed by atoms with Crippen molar-refractivity contribution in [2.75, 3.05) is 12.8 Å². The number of anilines is 1. The van der Waals surface area contributed by atoms with Crippen molar-refractivity contribution in [1.29, 1.82) is 0 Å². The van der Waals surface area contributed by atoms with Crippen molar-refractivity contribution in [1.82, 2.24) is 0 Å². The first-order chi connectivity index (χ1) is 4.84. The maximum absolute atomic E-state index is 5.59. The zero-order chi connectivity index (χ0) is 7.40. The van der Waals surface area contributed by atoms with E-state index in [-0.39, 0.29) is 5.48 Å². The highest BCUT2D eigenvalue weighted by molar-refractivity contribution is 5.18. The number of nitrogen functional groups attached to an aromatic ring is 1. The lowest BCUT2D eigenvalue weighted by Crippen LogP contribution is -2.37. The molecule has 4 nitrogen and oxygen atoms in total. The van der Waals surface area contributed by atoms with Crippen LogP contribution >= 0.6 is 0 Å². The molecule has 1 rings (SSSR count). The lowest BCUT2D eigenvalue weighted by molar-refractivity contribution is -0.718. The van der Waals surface area contributed by atoms with Crippen LogP contribution in [0.2, 0.25) is 0 Å². The molecular weight excluding hydrogens is 144 g/mol. The Bertz CT molecular complexity index is 215.